The molecule has 0 spiro atoms. The number of hydrogen-bond acceptors (Lipinski definition) is 7. The van der Waals surface area contributed by atoms with Crippen LogP contribution in [0.5, 0.6) is 11.5 Å². The highest BCUT2D eigenvalue weighted by Crippen LogP contribution is 2.34. The van der Waals surface area contributed by atoms with Gasteiger partial charge in [-0.1, -0.05) is 0 Å². The fraction of sp³-hybridized carbons (Fsp3) is 0.0714. The van der Waals surface area contributed by atoms with Gasteiger partial charge < -0.3 is 9.47 Å². The predicted octanol–water partition coefficient (Wildman–Crippen LogP) is 1.40. The summed E-state index contributed by atoms with van der Waals surface area (Å²) in [5, 5.41) is 13.6. The van der Waals surface area contributed by atoms with E-state index in [9.17, 15) is 8.42 Å². The van der Waals surface area contributed by atoms with Crippen molar-refractivity contribution in [2.24, 2.45) is 0 Å². The van der Waals surface area contributed by atoms with Crippen molar-refractivity contribution in [2.45, 2.75) is 4.90 Å². The lowest BCUT2D eigenvalue weighted by atomic mass is 10.2. The number of H-pyrrole nitrogens is 1. The van der Waals surface area contributed by atoms with Crippen LogP contribution in [-0.2, 0) is 10.0 Å². The first-order chi connectivity index (χ1) is 11.6. The molecule has 0 saturated carbocycles. The molecular weight excluding hydrogens is 334 g/mol. The Hall–Kier alpha value is -3.14. The van der Waals surface area contributed by atoms with Crippen molar-refractivity contribution >= 4 is 15.7 Å². The summed E-state index contributed by atoms with van der Waals surface area (Å²) >= 11 is 0. The molecule has 122 valence electrons. The number of anilines is 1. The highest BCUT2D eigenvalue weighted by atomic mass is 32.2. The molecule has 10 heteroatoms. The molecule has 0 aliphatic carbocycles. The molecule has 2 aromatic carbocycles. The molecular formula is C14H11N5O4S. The summed E-state index contributed by atoms with van der Waals surface area (Å²) < 4.78 is 37.8. The van der Waals surface area contributed by atoms with Gasteiger partial charge in [0.2, 0.25) is 12.6 Å². The maximum Gasteiger partial charge on any atom is 0.262 e. The van der Waals surface area contributed by atoms with Gasteiger partial charge in [-0.2, -0.15) is 5.21 Å². The fourth-order valence-corrected chi connectivity index (χ4v) is 3.30. The minimum Gasteiger partial charge on any atom is -0.454 e. The molecule has 9 nitrogen and oxygen atoms in total. The van der Waals surface area contributed by atoms with Gasteiger partial charge >= 0.3 is 0 Å². The second kappa shape index (κ2) is 5.49. The summed E-state index contributed by atoms with van der Waals surface area (Å²) in [6.45, 7) is 0.0871. The van der Waals surface area contributed by atoms with E-state index in [2.05, 4.69) is 25.3 Å². The minimum atomic E-state index is -3.74. The van der Waals surface area contributed by atoms with Gasteiger partial charge in [0.25, 0.3) is 10.0 Å². The SMILES string of the molecule is O=S(=O)(Nc1ccc(-c2nn[nH]n2)cc1)c1ccc2c(c1)OCO2. The Labute approximate surface area is 136 Å². The van der Waals surface area contributed by atoms with E-state index in [1.807, 2.05) is 0 Å². The van der Waals surface area contributed by atoms with Crippen LogP contribution in [0.4, 0.5) is 5.69 Å². The van der Waals surface area contributed by atoms with Crippen LogP contribution < -0.4 is 14.2 Å². The van der Waals surface area contributed by atoms with Crippen LogP contribution in [-0.4, -0.2) is 35.8 Å². The number of fused-ring (bicyclic) bond motifs is 1. The number of tetrazole rings is 1. The molecule has 1 aliphatic heterocycles. The minimum absolute atomic E-state index is 0.0871. The molecule has 3 aromatic rings. The second-order valence-corrected chi connectivity index (χ2v) is 6.62. The molecule has 0 saturated heterocycles. The van der Waals surface area contributed by atoms with Crippen molar-refractivity contribution in [3.05, 3.63) is 42.5 Å². The van der Waals surface area contributed by atoms with E-state index >= 15 is 0 Å². The van der Waals surface area contributed by atoms with Gasteiger partial charge in [0.1, 0.15) is 0 Å². The summed E-state index contributed by atoms with van der Waals surface area (Å²) in [4.78, 5) is 0.0917. The van der Waals surface area contributed by atoms with Gasteiger partial charge in [0.15, 0.2) is 11.5 Å². The lowest BCUT2D eigenvalue weighted by Crippen LogP contribution is -2.12. The van der Waals surface area contributed by atoms with E-state index in [0.717, 1.165) is 5.56 Å². The quantitative estimate of drug-likeness (QED) is 0.733. The first-order valence-electron chi connectivity index (χ1n) is 6.88. The largest absolute Gasteiger partial charge is 0.454 e. The smallest absolute Gasteiger partial charge is 0.262 e. The van der Waals surface area contributed by atoms with Crippen molar-refractivity contribution in [3.63, 3.8) is 0 Å². The highest BCUT2D eigenvalue weighted by Gasteiger charge is 2.20. The van der Waals surface area contributed by atoms with E-state index in [-0.39, 0.29) is 11.7 Å². The van der Waals surface area contributed by atoms with Crippen LogP contribution in [0.15, 0.2) is 47.4 Å². The molecule has 0 amide bonds. The summed E-state index contributed by atoms with van der Waals surface area (Å²) in [5.74, 6) is 1.36. The zero-order chi connectivity index (χ0) is 16.6. The van der Waals surface area contributed by atoms with Gasteiger partial charge in [-0.15, -0.1) is 10.2 Å². The number of rotatable bonds is 4. The molecule has 0 radical (unpaired) electrons. The average molecular weight is 345 g/mol. The van der Waals surface area contributed by atoms with Crippen LogP contribution in [0.25, 0.3) is 11.4 Å². The van der Waals surface area contributed by atoms with Crippen molar-refractivity contribution in [2.75, 3.05) is 11.5 Å². The molecule has 0 atom stereocenters. The van der Waals surface area contributed by atoms with Crippen molar-refractivity contribution in [1.82, 2.24) is 20.6 Å². The van der Waals surface area contributed by atoms with Crippen LogP contribution in [0.3, 0.4) is 0 Å². The molecule has 24 heavy (non-hydrogen) atoms. The Balaban J connectivity index is 1.57. The maximum absolute atomic E-state index is 12.5. The summed E-state index contributed by atoms with van der Waals surface area (Å²) in [6, 6.07) is 11.1. The van der Waals surface area contributed by atoms with Crippen LogP contribution in [0.2, 0.25) is 0 Å². The van der Waals surface area contributed by atoms with E-state index in [1.165, 1.54) is 12.1 Å². The topological polar surface area (TPSA) is 119 Å². The molecule has 2 N–H and O–H groups in total. The molecule has 2 heterocycles. The number of aromatic amines is 1. The van der Waals surface area contributed by atoms with Gasteiger partial charge in [0.05, 0.1) is 4.90 Å². The third kappa shape index (κ3) is 2.63. The van der Waals surface area contributed by atoms with Crippen LogP contribution >= 0.6 is 0 Å². The van der Waals surface area contributed by atoms with E-state index in [4.69, 9.17) is 9.47 Å². The third-order valence-corrected chi connectivity index (χ3v) is 4.77. The molecule has 1 aromatic heterocycles. The Morgan fingerprint density at radius 2 is 1.83 bits per heavy atom. The lowest BCUT2D eigenvalue weighted by molar-refractivity contribution is 0.174. The lowest BCUT2D eigenvalue weighted by Gasteiger charge is -2.09. The number of aromatic nitrogens is 4. The normalized spacial score (nSPS) is 13.0. The molecule has 1 aliphatic rings. The number of nitrogens with zero attached hydrogens (tertiary/aromatic N) is 3. The average Bonchev–Trinajstić information content (AvgIpc) is 3.26. The Bertz CT molecular complexity index is 971. The van der Waals surface area contributed by atoms with E-state index < -0.39 is 10.0 Å². The zero-order valence-electron chi connectivity index (χ0n) is 12.1. The second-order valence-electron chi connectivity index (χ2n) is 4.93. The van der Waals surface area contributed by atoms with Gasteiger partial charge in [0, 0.05) is 17.3 Å². The predicted molar refractivity (Wildman–Crippen MR) is 83.0 cm³/mol. The Kier molecular flexibility index (Phi) is 3.31. The molecule has 0 fully saturated rings. The number of ether oxygens (including phenoxy) is 2. The number of nitrogens with one attached hydrogen (secondary N) is 2. The van der Waals surface area contributed by atoms with E-state index in [0.29, 0.717) is 23.0 Å². The number of benzene rings is 2. The van der Waals surface area contributed by atoms with Gasteiger partial charge in [-0.25, -0.2) is 8.42 Å². The van der Waals surface area contributed by atoms with E-state index in [1.54, 1.807) is 30.3 Å². The molecule has 4 rings (SSSR count). The monoisotopic (exact) mass is 345 g/mol. The van der Waals surface area contributed by atoms with Crippen molar-refractivity contribution in [3.8, 4) is 22.9 Å². The van der Waals surface area contributed by atoms with Crippen molar-refractivity contribution in [1.29, 1.82) is 0 Å². The Morgan fingerprint density at radius 1 is 1.04 bits per heavy atom. The molecule has 0 bridgehead atoms. The number of sulfonamides is 1. The van der Waals surface area contributed by atoms with Gasteiger partial charge in [-0.05, 0) is 41.6 Å². The van der Waals surface area contributed by atoms with Crippen LogP contribution in [0.1, 0.15) is 0 Å². The first-order valence-corrected chi connectivity index (χ1v) is 8.36. The van der Waals surface area contributed by atoms with Gasteiger partial charge in [-0.3, -0.25) is 4.72 Å². The summed E-state index contributed by atoms with van der Waals surface area (Å²) in [5.41, 5.74) is 1.13. The fourth-order valence-electron chi connectivity index (χ4n) is 2.23. The third-order valence-electron chi connectivity index (χ3n) is 3.39. The number of hydrogen-bond donors (Lipinski definition) is 2. The van der Waals surface area contributed by atoms with Crippen molar-refractivity contribution < 1.29 is 17.9 Å². The highest BCUT2D eigenvalue weighted by molar-refractivity contribution is 7.92. The summed E-state index contributed by atoms with van der Waals surface area (Å²) in [7, 11) is -3.74. The first kappa shape index (κ1) is 14.5. The standard InChI is InChI=1S/C14H11N5O4S/c20-24(21,11-5-6-12-13(7-11)23-8-22-12)17-10-3-1-9(2-4-10)14-15-18-19-16-14/h1-7,17H,8H2,(H,15,16,18,19). The summed E-state index contributed by atoms with van der Waals surface area (Å²) in [6.07, 6.45) is 0. The zero-order valence-corrected chi connectivity index (χ0v) is 12.9. The van der Waals surface area contributed by atoms with Crippen LogP contribution in [0, 0.1) is 0 Å². The Morgan fingerprint density at radius 3 is 2.58 bits per heavy atom. The molecule has 0 unspecified atom stereocenters. The maximum atomic E-state index is 12.5.